The van der Waals surface area contributed by atoms with Crippen LogP contribution < -0.4 is 10.1 Å². The number of halogens is 1. The summed E-state index contributed by atoms with van der Waals surface area (Å²) in [6.45, 7) is 1.86. The maximum absolute atomic E-state index is 13.1. The molecular weight excluding hydrogens is 350 g/mol. The molecule has 3 aliphatic rings. The van der Waals surface area contributed by atoms with Crippen molar-refractivity contribution in [2.75, 3.05) is 20.2 Å². The highest BCUT2D eigenvalue weighted by molar-refractivity contribution is 6.32. The van der Waals surface area contributed by atoms with Gasteiger partial charge in [-0.15, -0.1) is 0 Å². The molecule has 1 amide bonds. The summed E-state index contributed by atoms with van der Waals surface area (Å²) in [4.78, 5) is 13.1. The zero-order valence-corrected chi connectivity index (χ0v) is 15.7. The lowest BCUT2D eigenvalue weighted by atomic mass is 9.76. The van der Waals surface area contributed by atoms with Crippen molar-refractivity contribution >= 4 is 23.2 Å². The Kier molecular flexibility index (Phi) is 5.00. The molecule has 1 aromatic rings. The van der Waals surface area contributed by atoms with Crippen LogP contribution in [0.4, 0.5) is 0 Å². The number of allylic oxidation sites excluding steroid dienone is 2. The quantitative estimate of drug-likeness (QED) is 0.827. The second-order valence-corrected chi connectivity index (χ2v) is 7.56. The van der Waals surface area contributed by atoms with Crippen molar-refractivity contribution in [2.24, 2.45) is 16.9 Å². The van der Waals surface area contributed by atoms with Gasteiger partial charge in [-0.1, -0.05) is 23.8 Å². The Bertz CT molecular complexity index is 755. The highest BCUT2D eigenvalue weighted by Crippen LogP contribution is 2.37. The number of carbonyl (C=O) groups excluding carboxylic acids is 1. The Hall–Kier alpha value is -1.85. The summed E-state index contributed by atoms with van der Waals surface area (Å²) in [6, 6.07) is 5.96. The second-order valence-electron chi connectivity index (χ2n) is 7.15. The van der Waals surface area contributed by atoms with Crippen LogP contribution in [0, 0.1) is 11.8 Å². The minimum atomic E-state index is -0.0248. The predicted molar refractivity (Wildman–Crippen MR) is 103 cm³/mol. The van der Waals surface area contributed by atoms with Gasteiger partial charge in [-0.3, -0.25) is 4.79 Å². The first-order chi connectivity index (χ1) is 12.7. The first-order valence-electron chi connectivity index (χ1n) is 9.30. The number of nitrogens with one attached hydrogen (secondary N) is 1. The normalized spacial score (nSPS) is 26.5. The highest BCUT2D eigenvalue weighted by atomic mass is 35.5. The van der Waals surface area contributed by atoms with Crippen LogP contribution in [-0.4, -0.2) is 42.9 Å². The van der Waals surface area contributed by atoms with E-state index in [1.165, 1.54) is 0 Å². The van der Waals surface area contributed by atoms with Crippen molar-refractivity contribution in [2.45, 2.75) is 31.7 Å². The molecular formula is C20H24ClN3O2. The first kappa shape index (κ1) is 17.6. The average molecular weight is 374 g/mol. The number of hydrazone groups is 1. The van der Waals surface area contributed by atoms with Crippen LogP contribution in [0.25, 0.3) is 0 Å². The molecule has 4 rings (SSSR count). The third-order valence-corrected chi connectivity index (χ3v) is 5.94. The minimum Gasteiger partial charge on any atom is -0.495 e. The van der Waals surface area contributed by atoms with Crippen molar-refractivity contribution in [3.05, 3.63) is 40.9 Å². The van der Waals surface area contributed by atoms with Crippen LogP contribution >= 0.6 is 11.6 Å². The maximum atomic E-state index is 13.1. The van der Waals surface area contributed by atoms with Crippen molar-refractivity contribution in [1.82, 2.24) is 10.3 Å². The van der Waals surface area contributed by atoms with Crippen LogP contribution in [0.2, 0.25) is 5.02 Å². The van der Waals surface area contributed by atoms with E-state index in [0.29, 0.717) is 10.8 Å². The van der Waals surface area contributed by atoms with Gasteiger partial charge in [0.05, 0.1) is 29.8 Å². The number of hydrogen-bond donors (Lipinski definition) is 1. The van der Waals surface area contributed by atoms with E-state index in [4.69, 9.17) is 21.4 Å². The fourth-order valence-corrected chi connectivity index (χ4v) is 4.47. The molecule has 2 heterocycles. The summed E-state index contributed by atoms with van der Waals surface area (Å²) < 4.78 is 5.27. The number of rotatable bonds is 3. The van der Waals surface area contributed by atoms with Crippen LogP contribution in [0.5, 0.6) is 5.75 Å². The number of fused-ring (bicyclic) bond motifs is 1. The van der Waals surface area contributed by atoms with Gasteiger partial charge in [0.15, 0.2) is 0 Å². The van der Waals surface area contributed by atoms with Gasteiger partial charge in [0.1, 0.15) is 5.75 Å². The van der Waals surface area contributed by atoms with E-state index in [-0.39, 0.29) is 23.8 Å². The molecule has 0 saturated carbocycles. The maximum Gasteiger partial charge on any atom is 0.247 e. The van der Waals surface area contributed by atoms with Crippen LogP contribution in [-0.2, 0) is 4.79 Å². The largest absolute Gasteiger partial charge is 0.495 e. The SMILES string of the molecule is COc1ccc(C2=NN(C3CCNCC3)C(=O)[C@@H]3CC=CC[C@H]23)cc1Cl. The van der Waals surface area contributed by atoms with Gasteiger partial charge in [0.2, 0.25) is 5.91 Å². The van der Waals surface area contributed by atoms with Gasteiger partial charge >= 0.3 is 0 Å². The molecule has 26 heavy (non-hydrogen) atoms. The molecule has 1 N–H and O–H groups in total. The van der Waals surface area contributed by atoms with E-state index < -0.39 is 0 Å². The zero-order chi connectivity index (χ0) is 18.1. The van der Waals surface area contributed by atoms with Crippen molar-refractivity contribution < 1.29 is 9.53 Å². The molecule has 1 aromatic carbocycles. The molecule has 0 radical (unpaired) electrons. The van der Waals surface area contributed by atoms with Crippen LogP contribution in [0.15, 0.2) is 35.5 Å². The molecule has 138 valence electrons. The first-order valence-corrected chi connectivity index (χ1v) is 9.68. The lowest BCUT2D eigenvalue weighted by Gasteiger charge is -2.41. The molecule has 5 nitrogen and oxygen atoms in total. The van der Waals surface area contributed by atoms with E-state index >= 15 is 0 Å². The summed E-state index contributed by atoms with van der Waals surface area (Å²) in [6.07, 6.45) is 7.81. The van der Waals surface area contributed by atoms with Gasteiger partial charge < -0.3 is 10.1 Å². The Balaban J connectivity index is 1.74. The third kappa shape index (κ3) is 3.14. The number of methoxy groups -OCH3 is 1. The smallest absolute Gasteiger partial charge is 0.247 e. The Morgan fingerprint density at radius 2 is 1.92 bits per heavy atom. The van der Waals surface area contributed by atoms with E-state index in [9.17, 15) is 4.79 Å². The standard InChI is InChI=1S/C20H24ClN3O2/c1-26-18-7-6-13(12-17(18)21)19-15-4-2-3-5-16(15)20(25)24(23-19)14-8-10-22-11-9-14/h2-3,6-7,12,14-16,22H,4-5,8-11H2,1H3/t15-,16+/m0/s1. The summed E-state index contributed by atoms with van der Waals surface area (Å²) in [7, 11) is 1.61. The zero-order valence-electron chi connectivity index (χ0n) is 15.0. The van der Waals surface area contributed by atoms with Crippen molar-refractivity contribution in [3.8, 4) is 5.75 Å². The highest BCUT2D eigenvalue weighted by Gasteiger charge is 2.42. The second kappa shape index (κ2) is 7.41. The van der Waals surface area contributed by atoms with E-state index in [1.54, 1.807) is 12.1 Å². The van der Waals surface area contributed by atoms with Gasteiger partial charge in [0, 0.05) is 5.92 Å². The van der Waals surface area contributed by atoms with Crippen molar-refractivity contribution in [3.63, 3.8) is 0 Å². The fourth-order valence-electron chi connectivity index (χ4n) is 4.21. The van der Waals surface area contributed by atoms with E-state index in [1.807, 2.05) is 18.2 Å². The fraction of sp³-hybridized carbons (Fsp3) is 0.500. The Morgan fingerprint density at radius 1 is 1.19 bits per heavy atom. The van der Waals surface area contributed by atoms with Gasteiger partial charge in [0.25, 0.3) is 0 Å². The van der Waals surface area contributed by atoms with E-state index in [2.05, 4.69) is 17.5 Å². The molecule has 1 saturated heterocycles. The van der Waals surface area contributed by atoms with Crippen molar-refractivity contribution in [1.29, 1.82) is 0 Å². The van der Waals surface area contributed by atoms with E-state index in [0.717, 1.165) is 50.0 Å². The lowest BCUT2D eigenvalue weighted by molar-refractivity contribution is -0.141. The monoisotopic (exact) mass is 373 g/mol. The summed E-state index contributed by atoms with van der Waals surface area (Å²) in [5, 5.41) is 10.6. The Morgan fingerprint density at radius 3 is 2.62 bits per heavy atom. The third-order valence-electron chi connectivity index (χ3n) is 5.64. The molecule has 2 aliphatic heterocycles. The average Bonchev–Trinajstić information content (AvgIpc) is 2.69. The number of piperidine rings is 1. The van der Waals surface area contributed by atoms with Gasteiger partial charge in [-0.25, -0.2) is 5.01 Å². The number of carbonyl (C=O) groups is 1. The number of benzene rings is 1. The number of nitrogens with zero attached hydrogens (tertiary/aromatic N) is 2. The lowest BCUT2D eigenvalue weighted by Crippen LogP contribution is -2.51. The molecule has 0 spiro atoms. The van der Waals surface area contributed by atoms with Crippen LogP contribution in [0.1, 0.15) is 31.2 Å². The predicted octanol–water partition coefficient (Wildman–Crippen LogP) is 3.23. The number of hydrogen-bond acceptors (Lipinski definition) is 4. The number of amides is 1. The summed E-state index contributed by atoms with van der Waals surface area (Å²) >= 11 is 6.35. The molecule has 0 aromatic heterocycles. The van der Waals surface area contributed by atoms with Crippen LogP contribution in [0.3, 0.4) is 0 Å². The summed E-state index contributed by atoms with van der Waals surface area (Å²) in [5.41, 5.74) is 1.95. The number of ether oxygens (including phenoxy) is 1. The molecule has 6 heteroatoms. The van der Waals surface area contributed by atoms with Gasteiger partial charge in [-0.05, 0) is 62.5 Å². The topological polar surface area (TPSA) is 53.9 Å². The molecule has 0 bridgehead atoms. The Labute approximate surface area is 159 Å². The molecule has 1 aliphatic carbocycles. The molecule has 1 fully saturated rings. The van der Waals surface area contributed by atoms with Gasteiger partial charge in [-0.2, -0.15) is 5.10 Å². The minimum absolute atomic E-state index is 0.0248. The summed E-state index contributed by atoms with van der Waals surface area (Å²) in [5.74, 6) is 0.922. The molecule has 2 atom stereocenters. The molecule has 0 unspecified atom stereocenters.